The van der Waals surface area contributed by atoms with Gasteiger partial charge in [0, 0.05) is 29.7 Å². The maximum absolute atomic E-state index is 11.2. The fourth-order valence-corrected chi connectivity index (χ4v) is 2.92. The van der Waals surface area contributed by atoms with Crippen molar-refractivity contribution in [2.75, 3.05) is 24.8 Å². The van der Waals surface area contributed by atoms with Crippen LogP contribution >= 0.6 is 0 Å². The van der Waals surface area contributed by atoms with Crippen LogP contribution in [-0.2, 0) is 16.2 Å². The zero-order valence-corrected chi connectivity index (χ0v) is 16.2. The SMILES string of the molecule is COC(=O)Nc1ccc(-c2cn(COCC[Si-](C)(C)C)cn2)c(N)c1. The van der Waals surface area contributed by atoms with Gasteiger partial charge in [0.1, 0.15) is 6.73 Å². The molecule has 0 atom stereocenters. The van der Waals surface area contributed by atoms with Crippen LogP contribution in [0.2, 0.25) is 25.7 Å². The van der Waals surface area contributed by atoms with Gasteiger partial charge in [0.25, 0.3) is 0 Å². The summed E-state index contributed by atoms with van der Waals surface area (Å²) in [5, 5.41) is 2.58. The van der Waals surface area contributed by atoms with Crippen molar-refractivity contribution in [3.8, 4) is 11.3 Å². The monoisotopic (exact) mass is 362 g/mol. The largest absolute Gasteiger partial charge is 0.453 e. The van der Waals surface area contributed by atoms with Gasteiger partial charge in [0.15, 0.2) is 0 Å². The number of methoxy groups -OCH3 is 1. The number of hydrogen-bond donors (Lipinski definition) is 2. The van der Waals surface area contributed by atoms with Gasteiger partial charge in [-0.25, -0.2) is 9.78 Å². The Morgan fingerprint density at radius 3 is 2.76 bits per heavy atom. The number of anilines is 2. The first kappa shape index (κ1) is 19.0. The second kappa shape index (κ2) is 8.17. The summed E-state index contributed by atoms with van der Waals surface area (Å²) in [4.78, 5) is 15.6. The molecule has 2 rings (SSSR count). The number of nitrogens with zero attached hydrogens (tertiary/aromatic N) is 2. The van der Waals surface area contributed by atoms with Crippen molar-refractivity contribution in [2.45, 2.75) is 32.4 Å². The van der Waals surface area contributed by atoms with E-state index in [1.165, 1.54) is 7.11 Å². The van der Waals surface area contributed by atoms with E-state index in [0.29, 0.717) is 18.1 Å². The van der Waals surface area contributed by atoms with Crippen molar-refractivity contribution in [3.63, 3.8) is 0 Å². The highest BCUT2D eigenvalue weighted by Crippen LogP contribution is 2.27. The zero-order valence-electron chi connectivity index (χ0n) is 15.2. The van der Waals surface area contributed by atoms with E-state index in [2.05, 4.69) is 34.7 Å². The molecule has 1 amide bonds. The van der Waals surface area contributed by atoms with Crippen LogP contribution in [0.4, 0.5) is 16.2 Å². The highest BCUT2D eigenvalue weighted by molar-refractivity contribution is 6.76. The van der Waals surface area contributed by atoms with Gasteiger partial charge in [-0.1, -0.05) is 0 Å². The Bertz CT molecular complexity index is 725. The molecule has 3 N–H and O–H groups in total. The zero-order chi connectivity index (χ0) is 18.4. The fourth-order valence-electron chi connectivity index (χ4n) is 2.16. The molecule has 137 valence electrons. The summed E-state index contributed by atoms with van der Waals surface area (Å²) in [6.07, 6.45) is 3.09. The molecule has 1 aromatic carbocycles. The Labute approximate surface area is 149 Å². The number of nitrogens with one attached hydrogen (secondary N) is 1. The van der Waals surface area contributed by atoms with Gasteiger partial charge in [-0.2, -0.15) is 19.6 Å². The molecule has 0 spiro atoms. The quantitative estimate of drug-likeness (QED) is 0.446. The number of rotatable bonds is 7. The fraction of sp³-hybridized carbons (Fsp3) is 0.412. The van der Waals surface area contributed by atoms with E-state index in [9.17, 15) is 4.79 Å². The molecule has 25 heavy (non-hydrogen) atoms. The second-order valence-corrected chi connectivity index (χ2v) is 12.7. The molecule has 0 aliphatic heterocycles. The Kier molecular flexibility index (Phi) is 6.21. The molecule has 8 heteroatoms. The van der Waals surface area contributed by atoms with Crippen LogP contribution in [0.15, 0.2) is 30.7 Å². The van der Waals surface area contributed by atoms with Crippen LogP contribution in [-0.4, -0.2) is 37.4 Å². The van der Waals surface area contributed by atoms with Gasteiger partial charge in [-0.05, 0) is 18.2 Å². The number of hydrogen-bond acceptors (Lipinski definition) is 5. The summed E-state index contributed by atoms with van der Waals surface area (Å²) in [6, 6.07) is 6.39. The average Bonchev–Trinajstić information content (AvgIpc) is 2.99. The van der Waals surface area contributed by atoms with Crippen LogP contribution in [0.25, 0.3) is 11.3 Å². The maximum Gasteiger partial charge on any atom is 0.411 e. The number of imidazole rings is 1. The van der Waals surface area contributed by atoms with Crippen LogP contribution < -0.4 is 11.1 Å². The van der Waals surface area contributed by atoms with Crippen LogP contribution in [0.3, 0.4) is 0 Å². The molecular formula is C17H26N4O3Si-. The Morgan fingerprint density at radius 1 is 1.36 bits per heavy atom. The van der Waals surface area contributed by atoms with Gasteiger partial charge in [-0.3, -0.25) is 5.32 Å². The lowest BCUT2D eigenvalue weighted by Gasteiger charge is -2.26. The lowest BCUT2D eigenvalue weighted by atomic mass is 10.1. The van der Waals surface area contributed by atoms with E-state index >= 15 is 0 Å². The molecule has 7 nitrogen and oxygen atoms in total. The normalized spacial score (nSPS) is 11.4. The standard InChI is InChI=1S/C17H26N4O3Si/c1-23-17(22)20-13-5-6-14(15(18)9-13)16-10-21(11-19-16)12-24-7-8-25(2,3)4/h5-6,9-11H,7-8,12,18H2,1-4H3,(H,20,22)/q-1. The molecule has 1 aromatic heterocycles. The first-order chi connectivity index (χ1) is 11.8. The number of nitrogen functional groups attached to an aromatic ring is 1. The predicted octanol–water partition coefficient (Wildman–Crippen LogP) is 3.62. The molecule has 0 fully saturated rings. The number of ether oxygens (including phenoxy) is 2. The number of nitrogens with two attached hydrogens (primary N) is 1. The molecule has 0 radical (unpaired) electrons. The van der Waals surface area contributed by atoms with Crippen molar-refractivity contribution in [1.29, 1.82) is 0 Å². The van der Waals surface area contributed by atoms with Crippen molar-refractivity contribution in [1.82, 2.24) is 9.55 Å². The Hall–Kier alpha value is -2.32. The number of carbonyl (C=O) groups excluding carboxylic acids is 1. The predicted molar refractivity (Wildman–Crippen MR) is 102 cm³/mol. The minimum Gasteiger partial charge on any atom is -0.453 e. The summed E-state index contributed by atoms with van der Waals surface area (Å²) in [7, 11) is 0.235. The molecular weight excluding hydrogens is 336 g/mol. The third-order valence-electron chi connectivity index (χ3n) is 3.63. The van der Waals surface area contributed by atoms with Crippen LogP contribution in [0, 0.1) is 0 Å². The minimum absolute atomic E-state index is 0.472. The molecule has 2 aromatic rings. The van der Waals surface area contributed by atoms with E-state index < -0.39 is 14.2 Å². The highest BCUT2D eigenvalue weighted by atomic mass is 28.3. The van der Waals surface area contributed by atoms with Crippen molar-refractivity contribution in [3.05, 3.63) is 30.7 Å². The van der Waals surface area contributed by atoms with E-state index in [-0.39, 0.29) is 0 Å². The summed E-state index contributed by atoms with van der Waals surface area (Å²) in [5.74, 6) is 0. The topological polar surface area (TPSA) is 91.4 Å². The van der Waals surface area contributed by atoms with Crippen LogP contribution in [0.1, 0.15) is 0 Å². The number of carbonyl (C=O) groups is 1. The lowest BCUT2D eigenvalue weighted by molar-refractivity contribution is 0.0871. The maximum atomic E-state index is 11.2. The highest BCUT2D eigenvalue weighted by Gasteiger charge is 2.09. The Morgan fingerprint density at radius 2 is 2.12 bits per heavy atom. The van der Waals surface area contributed by atoms with E-state index in [1.807, 2.05) is 16.8 Å². The van der Waals surface area contributed by atoms with Crippen molar-refractivity contribution in [2.24, 2.45) is 0 Å². The van der Waals surface area contributed by atoms with Crippen LogP contribution in [0.5, 0.6) is 0 Å². The number of benzene rings is 1. The van der Waals surface area contributed by atoms with Crippen molar-refractivity contribution >= 4 is 25.5 Å². The smallest absolute Gasteiger partial charge is 0.411 e. The number of amides is 1. The Balaban J connectivity index is 1.98. The summed E-state index contributed by atoms with van der Waals surface area (Å²) in [6.45, 7) is 8.21. The number of aromatic nitrogens is 2. The van der Waals surface area contributed by atoms with Gasteiger partial charge in [-0.15, -0.1) is 14.1 Å². The molecule has 0 saturated heterocycles. The van der Waals surface area contributed by atoms with E-state index in [0.717, 1.165) is 23.9 Å². The first-order valence-corrected chi connectivity index (χ1v) is 11.8. The minimum atomic E-state index is -1.08. The lowest BCUT2D eigenvalue weighted by Crippen LogP contribution is -2.21. The summed E-state index contributed by atoms with van der Waals surface area (Å²) in [5.41, 5.74) is 8.74. The first-order valence-electron chi connectivity index (χ1n) is 8.13. The third-order valence-corrected chi connectivity index (χ3v) is 5.33. The summed E-state index contributed by atoms with van der Waals surface area (Å²) < 4.78 is 12.2. The molecule has 0 unspecified atom stereocenters. The molecule has 0 aliphatic rings. The van der Waals surface area contributed by atoms with Gasteiger partial charge >= 0.3 is 6.09 Å². The van der Waals surface area contributed by atoms with Crippen molar-refractivity contribution < 1.29 is 14.3 Å². The molecule has 0 bridgehead atoms. The van der Waals surface area contributed by atoms with Gasteiger partial charge in [0.2, 0.25) is 0 Å². The third kappa shape index (κ3) is 5.91. The van der Waals surface area contributed by atoms with Gasteiger partial charge in [0.05, 0.1) is 19.1 Å². The molecule has 1 heterocycles. The molecule has 0 saturated carbocycles. The van der Waals surface area contributed by atoms with E-state index in [4.69, 9.17) is 10.5 Å². The average molecular weight is 363 g/mol. The van der Waals surface area contributed by atoms with Gasteiger partial charge < -0.3 is 19.8 Å². The summed E-state index contributed by atoms with van der Waals surface area (Å²) >= 11 is 0. The van der Waals surface area contributed by atoms with E-state index in [1.54, 1.807) is 18.5 Å². The second-order valence-electron chi connectivity index (χ2n) is 7.04. The molecule has 0 aliphatic carbocycles.